The van der Waals surface area contributed by atoms with Crippen LogP contribution in [0.4, 0.5) is 0 Å². The van der Waals surface area contributed by atoms with E-state index in [1.807, 2.05) is 6.92 Å². The maximum Gasteiger partial charge on any atom is 0.233 e. The van der Waals surface area contributed by atoms with Crippen LogP contribution in [0.5, 0.6) is 0 Å². The molecule has 1 N–H and O–H groups in total. The van der Waals surface area contributed by atoms with Crippen LogP contribution in [-0.4, -0.2) is 29.5 Å². The molecule has 3 atom stereocenters. The molecule has 1 fully saturated rings. The molecular weight excluding hydrogens is 234 g/mol. The Morgan fingerprint density at radius 1 is 1.69 bits per heavy atom. The molecule has 0 aliphatic carbocycles. The number of halogens is 1. The molecule has 1 rings (SSSR count). The van der Waals surface area contributed by atoms with Crippen molar-refractivity contribution in [3.05, 3.63) is 0 Å². The van der Waals surface area contributed by atoms with Gasteiger partial charge in [-0.15, -0.1) is 0 Å². The molecule has 1 saturated heterocycles. The quantitative estimate of drug-likeness (QED) is 0.770. The van der Waals surface area contributed by atoms with Crippen molar-refractivity contribution in [2.24, 2.45) is 0 Å². The summed E-state index contributed by atoms with van der Waals surface area (Å²) < 4.78 is 5.56. The Morgan fingerprint density at radius 3 is 2.85 bits per heavy atom. The van der Waals surface area contributed by atoms with E-state index in [2.05, 4.69) is 28.2 Å². The first-order valence-electron chi connectivity index (χ1n) is 4.67. The van der Waals surface area contributed by atoms with Crippen molar-refractivity contribution in [2.45, 2.75) is 43.7 Å². The van der Waals surface area contributed by atoms with E-state index in [4.69, 9.17) is 4.74 Å². The molecule has 0 spiro atoms. The molecule has 3 unspecified atom stereocenters. The molecule has 0 bridgehead atoms. The van der Waals surface area contributed by atoms with E-state index in [-0.39, 0.29) is 16.8 Å². The lowest BCUT2D eigenvalue weighted by atomic mass is 10.2. The number of carbonyl (C=O) groups is 1. The van der Waals surface area contributed by atoms with Crippen LogP contribution in [0.1, 0.15) is 26.7 Å². The van der Waals surface area contributed by atoms with Gasteiger partial charge in [-0.3, -0.25) is 4.79 Å². The second kappa shape index (κ2) is 4.96. The molecule has 0 radical (unpaired) electrons. The van der Waals surface area contributed by atoms with E-state index in [1.165, 1.54) is 0 Å². The van der Waals surface area contributed by atoms with Crippen LogP contribution < -0.4 is 5.32 Å². The van der Waals surface area contributed by atoms with Gasteiger partial charge in [-0.25, -0.2) is 0 Å². The van der Waals surface area contributed by atoms with Crippen LogP contribution in [0.2, 0.25) is 0 Å². The van der Waals surface area contributed by atoms with Crippen LogP contribution in [0.25, 0.3) is 0 Å². The number of amides is 1. The highest BCUT2D eigenvalue weighted by atomic mass is 79.9. The molecule has 13 heavy (non-hydrogen) atoms. The molecule has 0 aromatic carbocycles. The summed E-state index contributed by atoms with van der Waals surface area (Å²) in [5, 5.41) is 2.83. The van der Waals surface area contributed by atoms with Gasteiger partial charge in [0.2, 0.25) is 5.91 Å². The van der Waals surface area contributed by atoms with Crippen molar-refractivity contribution in [1.29, 1.82) is 0 Å². The van der Waals surface area contributed by atoms with Gasteiger partial charge in [0.05, 0.1) is 17.0 Å². The minimum atomic E-state index is -0.119. The summed E-state index contributed by atoms with van der Waals surface area (Å²) in [6.45, 7) is 4.52. The Hall–Kier alpha value is -0.0900. The van der Waals surface area contributed by atoms with Crippen molar-refractivity contribution >= 4 is 21.8 Å². The van der Waals surface area contributed by atoms with Gasteiger partial charge in [-0.2, -0.15) is 0 Å². The Labute approximate surface area is 87.3 Å². The van der Waals surface area contributed by atoms with Gasteiger partial charge in [0, 0.05) is 6.54 Å². The summed E-state index contributed by atoms with van der Waals surface area (Å²) in [4.78, 5) is 11.0. The summed E-state index contributed by atoms with van der Waals surface area (Å²) in [7, 11) is 0. The summed E-state index contributed by atoms with van der Waals surface area (Å²) >= 11 is 3.21. The molecule has 0 aromatic rings. The fraction of sp³-hybridized carbons (Fsp3) is 0.889. The van der Waals surface area contributed by atoms with Crippen LogP contribution in [-0.2, 0) is 9.53 Å². The number of carbonyl (C=O) groups excluding carboxylic acids is 1. The standard InChI is InChI=1S/C9H16BrNO2/c1-6-3-4-8(13-6)5-11-9(12)7(2)10/h6-8H,3-5H2,1-2H3,(H,11,12). The lowest BCUT2D eigenvalue weighted by molar-refractivity contribution is -0.120. The first-order chi connectivity index (χ1) is 6.09. The van der Waals surface area contributed by atoms with Gasteiger partial charge in [-0.1, -0.05) is 15.9 Å². The van der Waals surface area contributed by atoms with Crippen molar-refractivity contribution in [3.8, 4) is 0 Å². The van der Waals surface area contributed by atoms with E-state index >= 15 is 0 Å². The third-order valence-electron chi connectivity index (χ3n) is 2.19. The number of hydrogen-bond donors (Lipinski definition) is 1. The van der Waals surface area contributed by atoms with Crippen molar-refractivity contribution in [2.75, 3.05) is 6.54 Å². The third-order valence-corrected chi connectivity index (χ3v) is 2.60. The average molecular weight is 250 g/mol. The molecule has 1 amide bonds. The van der Waals surface area contributed by atoms with Crippen LogP contribution in [0, 0.1) is 0 Å². The van der Waals surface area contributed by atoms with Gasteiger partial charge < -0.3 is 10.1 Å². The van der Waals surface area contributed by atoms with E-state index in [0.717, 1.165) is 12.8 Å². The first kappa shape index (κ1) is 11.0. The number of rotatable bonds is 3. The number of nitrogens with one attached hydrogen (secondary N) is 1. The third kappa shape index (κ3) is 3.65. The van der Waals surface area contributed by atoms with Gasteiger partial charge in [-0.05, 0) is 26.7 Å². The molecule has 3 nitrogen and oxygen atoms in total. The maximum absolute atomic E-state index is 11.2. The highest BCUT2D eigenvalue weighted by Crippen LogP contribution is 2.18. The molecular formula is C9H16BrNO2. The zero-order valence-corrected chi connectivity index (χ0v) is 9.63. The number of alkyl halides is 1. The second-order valence-electron chi connectivity index (χ2n) is 3.51. The zero-order valence-electron chi connectivity index (χ0n) is 8.05. The Kier molecular flexibility index (Phi) is 4.19. The molecule has 0 saturated carbocycles. The number of hydrogen-bond acceptors (Lipinski definition) is 2. The summed E-state index contributed by atoms with van der Waals surface area (Å²) in [6, 6.07) is 0. The molecule has 4 heteroatoms. The van der Waals surface area contributed by atoms with Gasteiger partial charge in [0.1, 0.15) is 0 Å². The summed E-state index contributed by atoms with van der Waals surface area (Å²) in [6.07, 6.45) is 2.72. The fourth-order valence-electron chi connectivity index (χ4n) is 1.39. The molecule has 0 aromatic heterocycles. The van der Waals surface area contributed by atoms with Gasteiger partial charge >= 0.3 is 0 Å². The minimum absolute atomic E-state index is 0.0307. The summed E-state index contributed by atoms with van der Waals surface area (Å²) in [5.74, 6) is 0.0307. The van der Waals surface area contributed by atoms with E-state index in [0.29, 0.717) is 12.6 Å². The van der Waals surface area contributed by atoms with Gasteiger partial charge in [0.25, 0.3) is 0 Å². The molecule has 1 aliphatic rings. The zero-order chi connectivity index (χ0) is 9.84. The second-order valence-corrected chi connectivity index (χ2v) is 4.88. The van der Waals surface area contributed by atoms with Crippen LogP contribution in [0.3, 0.4) is 0 Å². The average Bonchev–Trinajstić information content (AvgIpc) is 2.47. The smallest absolute Gasteiger partial charge is 0.233 e. The molecule has 76 valence electrons. The topological polar surface area (TPSA) is 38.3 Å². The lowest BCUT2D eigenvalue weighted by Gasteiger charge is -2.12. The summed E-state index contributed by atoms with van der Waals surface area (Å²) in [5.41, 5.74) is 0. The fourth-order valence-corrected chi connectivity index (χ4v) is 1.55. The Morgan fingerprint density at radius 2 is 2.38 bits per heavy atom. The monoisotopic (exact) mass is 249 g/mol. The highest BCUT2D eigenvalue weighted by molar-refractivity contribution is 9.10. The Bertz CT molecular complexity index is 184. The van der Waals surface area contributed by atoms with Gasteiger partial charge in [0.15, 0.2) is 0 Å². The largest absolute Gasteiger partial charge is 0.373 e. The van der Waals surface area contributed by atoms with E-state index < -0.39 is 0 Å². The minimum Gasteiger partial charge on any atom is -0.373 e. The predicted octanol–water partition coefficient (Wildman–Crippen LogP) is 1.45. The first-order valence-corrected chi connectivity index (χ1v) is 5.58. The maximum atomic E-state index is 11.2. The number of ether oxygens (including phenoxy) is 1. The van der Waals surface area contributed by atoms with Crippen LogP contribution in [0.15, 0.2) is 0 Å². The molecule has 1 heterocycles. The normalized spacial score (nSPS) is 30.1. The lowest BCUT2D eigenvalue weighted by Crippen LogP contribution is -2.35. The SMILES string of the molecule is CC1CCC(CNC(=O)C(C)Br)O1. The van der Waals surface area contributed by atoms with Crippen molar-refractivity contribution < 1.29 is 9.53 Å². The van der Waals surface area contributed by atoms with Crippen molar-refractivity contribution in [1.82, 2.24) is 5.32 Å². The van der Waals surface area contributed by atoms with E-state index in [1.54, 1.807) is 0 Å². The Balaban J connectivity index is 2.16. The molecule has 1 aliphatic heterocycles. The van der Waals surface area contributed by atoms with Crippen LogP contribution >= 0.6 is 15.9 Å². The predicted molar refractivity (Wildman–Crippen MR) is 55.0 cm³/mol. The van der Waals surface area contributed by atoms with Crippen molar-refractivity contribution in [3.63, 3.8) is 0 Å². The van der Waals surface area contributed by atoms with E-state index in [9.17, 15) is 4.79 Å². The highest BCUT2D eigenvalue weighted by Gasteiger charge is 2.22.